The zero-order valence-electron chi connectivity index (χ0n) is 12.6. The fourth-order valence-electron chi connectivity index (χ4n) is 3.22. The van der Waals surface area contributed by atoms with Crippen LogP contribution in [0.2, 0.25) is 5.15 Å². The minimum Gasteiger partial charge on any atom is -0.396 e. The molecule has 0 spiro atoms. The summed E-state index contributed by atoms with van der Waals surface area (Å²) in [7, 11) is 0. The molecule has 2 aliphatic rings. The highest BCUT2D eigenvalue weighted by atomic mass is 35.5. The van der Waals surface area contributed by atoms with E-state index in [1.165, 1.54) is 32.1 Å². The maximum atomic E-state index is 9.51. The Hall–Kier alpha value is -0.870. The van der Waals surface area contributed by atoms with Gasteiger partial charge in [0.2, 0.25) is 0 Å². The molecule has 3 rings (SSSR count). The molecule has 2 saturated carbocycles. The Balaban J connectivity index is 1.69. The van der Waals surface area contributed by atoms with E-state index >= 15 is 0 Å². The van der Waals surface area contributed by atoms with Gasteiger partial charge < -0.3 is 10.4 Å². The molecule has 2 atom stereocenters. The van der Waals surface area contributed by atoms with Gasteiger partial charge in [-0.3, -0.25) is 0 Å². The molecule has 2 N–H and O–H groups in total. The van der Waals surface area contributed by atoms with Crippen molar-refractivity contribution in [3.63, 3.8) is 0 Å². The van der Waals surface area contributed by atoms with E-state index in [0.717, 1.165) is 30.2 Å². The third kappa shape index (κ3) is 3.49. The summed E-state index contributed by atoms with van der Waals surface area (Å²) in [5.41, 5.74) is 0.928. The second-order valence-corrected chi connectivity index (χ2v) is 6.85. The average Bonchev–Trinajstić information content (AvgIpc) is 3.33. The van der Waals surface area contributed by atoms with Crippen molar-refractivity contribution in [2.75, 3.05) is 18.5 Å². The van der Waals surface area contributed by atoms with E-state index in [1.54, 1.807) is 0 Å². The summed E-state index contributed by atoms with van der Waals surface area (Å²) < 4.78 is 0. The Morgan fingerprint density at radius 3 is 2.52 bits per heavy atom. The molecule has 0 saturated heterocycles. The van der Waals surface area contributed by atoms with Crippen molar-refractivity contribution in [3.05, 3.63) is 16.5 Å². The molecule has 21 heavy (non-hydrogen) atoms. The first-order valence-electron chi connectivity index (χ1n) is 8.07. The van der Waals surface area contributed by atoms with Crippen molar-refractivity contribution < 1.29 is 5.11 Å². The highest BCUT2D eigenvalue weighted by Crippen LogP contribution is 2.39. The second kappa shape index (κ2) is 6.49. The largest absolute Gasteiger partial charge is 0.396 e. The van der Waals surface area contributed by atoms with Crippen LogP contribution >= 0.6 is 11.6 Å². The lowest BCUT2D eigenvalue weighted by Crippen LogP contribution is -2.29. The number of aliphatic hydroxyl groups is 1. The van der Waals surface area contributed by atoms with Crippen LogP contribution in [0.4, 0.5) is 5.82 Å². The number of hydrogen-bond acceptors (Lipinski definition) is 4. The predicted molar refractivity (Wildman–Crippen MR) is 84.8 cm³/mol. The first-order chi connectivity index (χ1) is 10.2. The van der Waals surface area contributed by atoms with E-state index in [0.29, 0.717) is 29.5 Å². The van der Waals surface area contributed by atoms with Crippen molar-refractivity contribution in [1.82, 2.24) is 9.97 Å². The molecule has 1 aromatic rings. The van der Waals surface area contributed by atoms with E-state index in [1.807, 2.05) is 6.92 Å². The number of hydrogen-bond donors (Lipinski definition) is 2. The number of aliphatic hydroxyl groups excluding tert-OH is 1. The molecule has 2 aliphatic carbocycles. The van der Waals surface area contributed by atoms with Crippen molar-refractivity contribution in [2.24, 2.45) is 11.8 Å². The predicted octanol–water partition coefficient (Wildman–Crippen LogP) is 3.53. The summed E-state index contributed by atoms with van der Waals surface area (Å²) in [4.78, 5) is 9.06. The molecule has 1 heterocycles. The summed E-state index contributed by atoms with van der Waals surface area (Å²) in [6.45, 7) is 3.12. The van der Waals surface area contributed by atoms with E-state index in [-0.39, 0.29) is 0 Å². The molecule has 0 radical (unpaired) electrons. The van der Waals surface area contributed by atoms with Gasteiger partial charge in [-0.25, -0.2) is 9.97 Å². The van der Waals surface area contributed by atoms with Crippen LogP contribution in [0, 0.1) is 18.8 Å². The summed E-state index contributed by atoms with van der Waals surface area (Å²) in [6, 6.07) is 0. The molecular weight excluding hydrogens is 286 g/mol. The van der Waals surface area contributed by atoms with Crippen LogP contribution in [0.15, 0.2) is 0 Å². The Bertz CT molecular complexity index is 505. The lowest BCUT2D eigenvalue weighted by atomic mass is 9.79. The zero-order chi connectivity index (χ0) is 14.8. The highest BCUT2D eigenvalue weighted by Gasteiger charge is 2.28. The smallest absolute Gasteiger partial charge is 0.137 e. The van der Waals surface area contributed by atoms with Gasteiger partial charge in [-0.15, -0.1) is 0 Å². The summed E-state index contributed by atoms with van der Waals surface area (Å²) in [5.74, 6) is 3.21. The van der Waals surface area contributed by atoms with Crippen molar-refractivity contribution in [2.45, 2.75) is 51.4 Å². The minimum atomic E-state index is 0.295. The van der Waals surface area contributed by atoms with Gasteiger partial charge in [-0.1, -0.05) is 24.4 Å². The normalized spacial score (nSPS) is 25.9. The van der Waals surface area contributed by atoms with Crippen LogP contribution in [0.3, 0.4) is 0 Å². The number of anilines is 1. The van der Waals surface area contributed by atoms with Crippen molar-refractivity contribution in [3.8, 4) is 0 Å². The van der Waals surface area contributed by atoms with Gasteiger partial charge in [0, 0.05) is 24.6 Å². The van der Waals surface area contributed by atoms with Gasteiger partial charge >= 0.3 is 0 Å². The van der Waals surface area contributed by atoms with Gasteiger partial charge in [-0.05, 0) is 44.4 Å². The van der Waals surface area contributed by atoms with Gasteiger partial charge in [0.1, 0.15) is 16.8 Å². The molecule has 5 heteroatoms. The molecule has 0 aliphatic heterocycles. The fourth-order valence-corrected chi connectivity index (χ4v) is 3.40. The molecule has 0 amide bonds. The van der Waals surface area contributed by atoms with Crippen LogP contribution in [0.5, 0.6) is 0 Å². The number of aromatic nitrogens is 2. The third-order valence-electron chi connectivity index (χ3n) is 4.88. The monoisotopic (exact) mass is 309 g/mol. The Kier molecular flexibility index (Phi) is 4.65. The minimum absolute atomic E-state index is 0.295. The number of rotatable bonds is 5. The number of nitrogens with zero attached hydrogens (tertiary/aromatic N) is 2. The fraction of sp³-hybridized carbons (Fsp3) is 0.750. The van der Waals surface area contributed by atoms with Crippen LogP contribution < -0.4 is 5.32 Å². The lowest BCUT2D eigenvalue weighted by molar-refractivity contribution is 0.141. The molecule has 116 valence electrons. The van der Waals surface area contributed by atoms with Crippen LogP contribution in [0.25, 0.3) is 0 Å². The summed E-state index contributed by atoms with van der Waals surface area (Å²) >= 11 is 6.24. The first kappa shape index (κ1) is 15.0. The zero-order valence-corrected chi connectivity index (χ0v) is 13.4. The first-order valence-corrected chi connectivity index (χ1v) is 8.45. The third-order valence-corrected chi connectivity index (χ3v) is 5.25. The molecule has 0 bridgehead atoms. The van der Waals surface area contributed by atoms with E-state index in [4.69, 9.17) is 11.6 Å². The summed E-state index contributed by atoms with van der Waals surface area (Å²) in [6.07, 6.45) is 7.18. The van der Waals surface area contributed by atoms with Gasteiger partial charge in [0.05, 0.1) is 0 Å². The van der Waals surface area contributed by atoms with E-state index in [9.17, 15) is 5.11 Å². The maximum absolute atomic E-state index is 9.51. The van der Waals surface area contributed by atoms with Gasteiger partial charge in [0.15, 0.2) is 0 Å². The average molecular weight is 310 g/mol. The van der Waals surface area contributed by atoms with E-state index in [2.05, 4.69) is 15.3 Å². The second-order valence-electron chi connectivity index (χ2n) is 6.49. The topological polar surface area (TPSA) is 58.0 Å². The Morgan fingerprint density at radius 2 is 1.86 bits per heavy atom. The van der Waals surface area contributed by atoms with Gasteiger partial charge in [0.25, 0.3) is 0 Å². The van der Waals surface area contributed by atoms with E-state index < -0.39 is 0 Å². The van der Waals surface area contributed by atoms with Crippen LogP contribution in [-0.2, 0) is 0 Å². The van der Waals surface area contributed by atoms with Crippen molar-refractivity contribution >= 4 is 17.4 Å². The molecule has 1 aromatic heterocycles. The van der Waals surface area contributed by atoms with Crippen molar-refractivity contribution in [1.29, 1.82) is 0 Å². The molecule has 0 aromatic carbocycles. The molecule has 2 fully saturated rings. The van der Waals surface area contributed by atoms with Gasteiger partial charge in [-0.2, -0.15) is 0 Å². The number of halogens is 1. The number of nitrogens with one attached hydrogen (secondary N) is 1. The Labute approximate surface area is 131 Å². The lowest BCUT2D eigenvalue weighted by Gasteiger charge is -2.30. The quantitative estimate of drug-likeness (QED) is 0.817. The maximum Gasteiger partial charge on any atom is 0.137 e. The Morgan fingerprint density at radius 1 is 1.14 bits per heavy atom. The molecular formula is C16H24ClN3O. The summed E-state index contributed by atoms with van der Waals surface area (Å²) in [5, 5.41) is 13.5. The van der Waals surface area contributed by atoms with Crippen LogP contribution in [0.1, 0.15) is 55.8 Å². The highest BCUT2D eigenvalue weighted by molar-refractivity contribution is 6.30. The molecule has 2 unspecified atom stereocenters. The standard InChI is InChI=1S/C16H24ClN3O/c1-10-14(17)19-16(11-6-7-11)20-15(10)18-8-12-4-2-3-5-13(12)9-21/h11-13,21H,2-9H2,1H3,(H,18,19,20). The van der Waals surface area contributed by atoms with Crippen LogP contribution in [-0.4, -0.2) is 28.2 Å². The SMILES string of the molecule is Cc1c(Cl)nc(C2CC2)nc1NCC1CCCCC1CO. The molecule has 4 nitrogen and oxygen atoms in total.